The summed E-state index contributed by atoms with van der Waals surface area (Å²) in [6, 6.07) is 43.2. The van der Waals surface area contributed by atoms with Crippen LogP contribution in [0, 0.1) is 0 Å². The van der Waals surface area contributed by atoms with Crippen molar-refractivity contribution in [3.63, 3.8) is 0 Å². The highest BCUT2D eigenvalue weighted by molar-refractivity contribution is 7.80. The van der Waals surface area contributed by atoms with Crippen molar-refractivity contribution in [3.8, 4) is 11.3 Å². The maximum absolute atomic E-state index is 4.72. The number of aromatic nitrogens is 2. The van der Waals surface area contributed by atoms with Crippen LogP contribution < -0.4 is 15.9 Å². The number of hydrogen-bond acceptors (Lipinski definition) is 2. The summed E-state index contributed by atoms with van der Waals surface area (Å²) in [5.41, 5.74) is 2.12. The van der Waals surface area contributed by atoms with Crippen molar-refractivity contribution in [2.75, 3.05) is 0 Å². The molecule has 1 heterocycles. The van der Waals surface area contributed by atoms with Crippen LogP contribution in [0.5, 0.6) is 0 Å². The summed E-state index contributed by atoms with van der Waals surface area (Å²) in [6.45, 7) is 0. The van der Waals surface area contributed by atoms with Gasteiger partial charge in [0.15, 0.2) is 0 Å². The van der Waals surface area contributed by atoms with Crippen LogP contribution in [0.2, 0.25) is 0 Å². The smallest absolute Gasteiger partial charge is 0.102 e. The third kappa shape index (κ3) is 3.59. The van der Waals surface area contributed by atoms with Gasteiger partial charge in [-0.05, 0) is 34.6 Å². The van der Waals surface area contributed by atoms with Crippen LogP contribution in [-0.2, 0) is 0 Å². The Hall–Kier alpha value is -3.87. The molecule has 0 spiro atoms. The molecule has 0 amide bonds. The lowest BCUT2D eigenvalue weighted by molar-refractivity contribution is 1.06. The van der Waals surface area contributed by atoms with Gasteiger partial charge in [-0.2, -0.15) is 5.10 Å². The van der Waals surface area contributed by atoms with Gasteiger partial charge >= 0.3 is 0 Å². The summed E-state index contributed by atoms with van der Waals surface area (Å²) in [4.78, 5) is 0. The molecule has 6 rings (SSSR count). The molecular weight excluding hydrogens is 419 g/mol. The summed E-state index contributed by atoms with van der Waals surface area (Å²) < 4.78 is 0. The zero-order chi connectivity index (χ0) is 22.0. The summed E-state index contributed by atoms with van der Waals surface area (Å²) in [5.74, 6) is 0. The van der Waals surface area contributed by atoms with E-state index in [1.165, 1.54) is 32.2 Å². The largest absolute Gasteiger partial charge is 0.158 e. The molecule has 1 aromatic heterocycles. The maximum atomic E-state index is 4.72. The predicted molar refractivity (Wildman–Crippen MR) is 141 cm³/mol. The Balaban J connectivity index is 1.73. The fourth-order valence-electron chi connectivity index (χ4n) is 4.49. The lowest BCUT2D eigenvalue weighted by Gasteiger charge is -2.23. The second-order valence-corrected chi connectivity index (χ2v) is 10.2. The first-order chi connectivity index (χ1) is 16.4. The molecule has 0 N–H and O–H groups in total. The van der Waals surface area contributed by atoms with Crippen LogP contribution in [0.15, 0.2) is 128 Å². The van der Waals surface area contributed by atoms with Crippen molar-refractivity contribution in [1.82, 2.24) is 10.2 Å². The van der Waals surface area contributed by atoms with Gasteiger partial charge in [0.2, 0.25) is 0 Å². The van der Waals surface area contributed by atoms with Gasteiger partial charge in [0.25, 0.3) is 0 Å². The molecule has 3 heteroatoms. The fraction of sp³-hybridized carbons (Fsp3) is 0. The molecule has 0 radical (unpaired) electrons. The standard InChI is InChI=1S/C30H21N2P/c1-3-13-24(14-4-1)33(25-15-5-2-6-16-25)28-20-19-22-11-7-9-17-26(22)29(28)30-27-18-10-8-12-23(27)21-31-32-30/h1-21H. The van der Waals surface area contributed by atoms with Crippen molar-refractivity contribution in [2.24, 2.45) is 0 Å². The average Bonchev–Trinajstić information content (AvgIpc) is 2.90. The molecule has 5 aromatic carbocycles. The third-order valence-electron chi connectivity index (χ3n) is 5.98. The lowest BCUT2D eigenvalue weighted by Crippen LogP contribution is -2.22. The molecule has 0 atom stereocenters. The summed E-state index contributed by atoms with van der Waals surface area (Å²) in [5, 5.41) is 17.7. The number of hydrogen-bond donors (Lipinski definition) is 0. The predicted octanol–water partition coefficient (Wildman–Crippen LogP) is 6.21. The van der Waals surface area contributed by atoms with Crippen LogP contribution in [0.4, 0.5) is 0 Å². The van der Waals surface area contributed by atoms with Gasteiger partial charge in [0, 0.05) is 16.3 Å². The Labute approximate surface area is 194 Å². The second-order valence-electron chi connectivity index (χ2n) is 7.97. The van der Waals surface area contributed by atoms with Gasteiger partial charge in [-0.25, -0.2) is 0 Å². The summed E-state index contributed by atoms with van der Waals surface area (Å²) >= 11 is 0. The van der Waals surface area contributed by atoms with E-state index in [0.29, 0.717) is 0 Å². The first kappa shape index (κ1) is 19.8. The average molecular weight is 440 g/mol. The first-order valence-electron chi connectivity index (χ1n) is 11.0. The molecule has 2 nitrogen and oxygen atoms in total. The van der Waals surface area contributed by atoms with Crippen molar-refractivity contribution >= 4 is 45.4 Å². The normalized spacial score (nSPS) is 11.3. The zero-order valence-electron chi connectivity index (χ0n) is 18.0. The monoisotopic (exact) mass is 440 g/mol. The minimum atomic E-state index is -0.787. The van der Waals surface area contributed by atoms with E-state index in [9.17, 15) is 0 Å². The number of nitrogens with zero attached hydrogens (tertiary/aromatic N) is 2. The van der Waals surface area contributed by atoms with E-state index in [-0.39, 0.29) is 0 Å². The molecule has 0 aliphatic carbocycles. The molecule has 0 saturated carbocycles. The molecule has 156 valence electrons. The van der Waals surface area contributed by atoms with E-state index in [4.69, 9.17) is 5.10 Å². The highest BCUT2D eigenvalue weighted by atomic mass is 31.1. The summed E-state index contributed by atoms with van der Waals surface area (Å²) in [7, 11) is -0.787. The molecule has 0 unspecified atom stereocenters. The third-order valence-corrected chi connectivity index (χ3v) is 8.47. The van der Waals surface area contributed by atoms with E-state index in [2.05, 4.69) is 126 Å². The van der Waals surface area contributed by atoms with Crippen LogP contribution in [0.25, 0.3) is 32.8 Å². The number of fused-ring (bicyclic) bond motifs is 2. The van der Waals surface area contributed by atoms with Crippen molar-refractivity contribution in [2.45, 2.75) is 0 Å². The second kappa shape index (κ2) is 8.58. The zero-order valence-corrected chi connectivity index (χ0v) is 18.9. The SMILES string of the molecule is c1ccc(P(c2ccccc2)c2ccc3ccccc3c2-c2nncc3ccccc23)cc1. The minimum Gasteiger partial charge on any atom is -0.158 e. The Kier molecular flexibility index (Phi) is 5.14. The molecule has 6 aromatic rings. The molecule has 33 heavy (non-hydrogen) atoms. The van der Waals surface area contributed by atoms with E-state index in [1.807, 2.05) is 6.20 Å². The van der Waals surface area contributed by atoms with Gasteiger partial charge < -0.3 is 0 Å². The Morgan fingerprint density at radius 1 is 0.485 bits per heavy atom. The van der Waals surface area contributed by atoms with Crippen LogP contribution >= 0.6 is 7.92 Å². The Bertz CT molecular complexity index is 1520. The van der Waals surface area contributed by atoms with E-state index < -0.39 is 7.92 Å². The highest BCUT2D eigenvalue weighted by Crippen LogP contribution is 2.40. The summed E-state index contributed by atoms with van der Waals surface area (Å²) in [6.07, 6.45) is 1.85. The van der Waals surface area contributed by atoms with Gasteiger partial charge in [-0.15, -0.1) is 5.10 Å². The molecular formula is C30H21N2P. The van der Waals surface area contributed by atoms with Gasteiger partial charge in [0.05, 0.1) is 6.20 Å². The van der Waals surface area contributed by atoms with Crippen LogP contribution in [-0.4, -0.2) is 10.2 Å². The topological polar surface area (TPSA) is 25.8 Å². The first-order valence-corrected chi connectivity index (χ1v) is 12.4. The van der Waals surface area contributed by atoms with E-state index >= 15 is 0 Å². The quantitative estimate of drug-likeness (QED) is 0.305. The molecule has 0 aliphatic rings. The van der Waals surface area contributed by atoms with E-state index in [1.54, 1.807) is 0 Å². The molecule has 0 bridgehead atoms. The number of rotatable bonds is 4. The van der Waals surface area contributed by atoms with Crippen molar-refractivity contribution in [3.05, 3.63) is 128 Å². The molecule has 0 fully saturated rings. The van der Waals surface area contributed by atoms with Crippen LogP contribution in [0.1, 0.15) is 0 Å². The van der Waals surface area contributed by atoms with Gasteiger partial charge in [-0.3, -0.25) is 0 Å². The molecule has 0 saturated heterocycles. The lowest BCUT2D eigenvalue weighted by atomic mass is 9.99. The van der Waals surface area contributed by atoms with Gasteiger partial charge in [-0.1, -0.05) is 121 Å². The Morgan fingerprint density at radius 2 is 1.06 bits per heavy atom. The van der Waals surface area contributed by atoms with Crippen molar-refractivity contribution < 1.29 is 0 Å². The Morgan fingerprint density at radius 3 is 1.76 bits per heavy atom. The van der Waals surface area contributed by atoms with Crippen LogP contribution in [0.3, 0.4) is 0 Å². The minimum absolute atomic E-state index is 0.787. The fourth-order valence-corrected chi connectivity index (χ4v) is 6.96. The highest BCUT2D eigenvalue weighted by Gasteiger charge is 2.23. The van der Waals surface area contributed by atoms with Crippen molar-refractivity contribution in [1.29, 1.82) is 0 Å². The number of benzene rings is 5. The van der Waals surface area contributed by atoms with Gasteiger partial charge in [0.1, 0.15) is 5.69 Å². The van der Waals surface area contributed by atoms with E-state index in [0.717, 1.165) is 16.5 Å². The maximum Gasteiger partial charge on any atom is 0.102 e. The molecule has 0 aliphatic heterocycles.